The van der Waals surface area contributed by atoms with Gasteiger partial charge in [0.25, 0.3) is 0 Å². The quantitative estimate of drug-likeness (QED) is 0.892. The summed E-state index contributed by atoms with van der Waals surface area (Å²) >= 11 is 0. The van der Waals surface area contributed by atoms with Crippen LogP contribution in [0.5, 0.6) is 0 Å². The van der Waals surface area contributed by atoms with Crippen LogP contribution in [0.25, 0.3) is 5.69 Å². The number of para-hydroxylation sites is 1. The Morgan fingerprint density at radius 2 is 2.08 bits per heavy atom. The van der Waals surface area contributed by atoms with Crippen molar-refractivity contribution < 1.29 is 4.79 Å². The molecule has 24 heavy (non-hydrogen) atoms. The number of nitrogens with one attached hydrogen (secondary N) is 1. The monoisotopic (exact) mass is 348 g/mol. The van der Waals surface area contributed by atoms with Gasteiger partial charge in [0.1, 0.15) is 0 Å². The van der Waals surface area contributed by atoms with E-state index in [-0.39, 0.29) is 24.2 Å². The summed E-state index contributed by atoms with van der Waals surface area (Å²) in [6.07, 6.45) is 5.88. The van der Waals surface area contributed by atoms with E-state index in [9.17, 15) is 4.79 Å². The van der Waals surface area contributed by atoms with Gasteiger partial charge in [-0.05, 0) is 38.0 Å². The summed E-state index contributed by atoms with van der Waals surface area (Å²) in [6.45, 7) is 2.42. The SMILES string of the molecule is CC1(N)CCCCC1C(=O)NCc1ccn(-c2ccccc2)n1.Cl. The molecule has 1 amide bonds. The molecule has 2 aromatic rings. The molecule has 5 nitrogen and oxygen atoms in total. The number of carbonyl (C=O) groups is 1. The number of rotatable bonds is 4. The molecule has 0 saturated heterocycles. The number of carbonyl (C=O) groups excluding carboxylic acids is 1. The Kier molecular flexibility index (Phi) is 6.02. The van der Waals surface area contributed by atoms with Crippen molar-refractivity contribution in [2.45, 2.75) is 44.7 Å². The molecule has 1 aromatic carbocycles. The summed E-state index contributed by atoms with van der Waals surface area (Å²) in [6, 6.07) is 11.8. The van der Waals surface area contributed by atoms with E-state index < -0.39 is 5.54 Å². The molecule has 1 saturated carbocycles. The van der Waals surface area contributed by atoms with Crippen molar-refractivity contribution in [3.8, 4) is 5.69 Å². The minimum absolute atomic E-state index is 0. The minimum atomic E-state index is -0.397. The van der Waals surface area contributed by atoms with Gasteiger partial charge in [0.05, 0.1) is 23.8 Å². The number of hydrogen-bond donors (Lipinski definition) is 2. The van der Waals surface area contributed by atoms with E-state index in [0.29, 0.717) is 6.54 Å². The van der Waals surface area contributed by atoms with Crippen LogP contribution in [-0.2, 0) is 11.3 Å². The second-order valence-corrected chi connectivity index (χ2v) is 6.61. The molecule has 6 heteroatoms. The zero-order chi connectivity index (χ0) is 16.3. The van der Waals surface area contributed by atoms with Crippen LogP contribution < -0.4 is 11.1 Å². The third-order valence-corrected chi connectivity index (χ3v) is 4.68. The topological polar surface area (TPSA) is 72.9 Å². The Morgan fingerprint density at radius 1 is 1.33 bits per heavy atom. The number of aromatic nitrogens is 2. The molecular weight excluding hydrogens is 324 g/mol. The van der Waals surface area contributed by atoms with Crippen molar-refractivity contribution in [1.82, 2.24) is 15.1 Å². The van der Waals surface area contributed by atoms with Crippen molar-refractivity contribution in [3.05, 3.63) is 48.3 Å². The van der Waals surface area contributed by atoms with E-state index in [1.165, 1.54) is 0 Å². The van der Waals surface area contributed by atoms with Gasteiger partial charge < -0.3 is 11.1 Å². The summed E-state index contributed by atoms with van der Waals surface area (Å²) in [7, 11) is 0. The zero-order valence-corrected chi connectivity index (χ0v) is 14.8. The molecule has 0 spiro atoms. The highest BCUT2D eigenvalue weighted by atomic mass is 35.5. The standard InChI is InChI=1S/C18H24N4O.ClH/c1-18(19)11-6-5-9-16(18)17(23)20-13-14-10-12-22(21-14)15-7-3-2-4-8-15;/h2-4,7-8,10,12,16H,5-6,9,11,13,19H2,1H3,(H,20,23);1H. The van der Waals surface area contributed by atoms with Crippen LogP contribution in [-0.4, -0.2) is 21.2 Å². The number of benzene rings is 1. The predicted octanol–water partition coefficient (Wildman–Crippen LogP) is 2.82. The summed E-state index contributed by atoms with van der Waals surface area (Å²) in [4.78, 5) is 12.4. The maximum absolute atomic E-state index is 12.4. The lowest BCUT2D eigenvalue weighted by atomic mass is 9.74. The second-order valence-electron chi connectivity index (χ2n) is 6.61. The van der Waals surface area contributed by atoms with E-state index in [4.69, 9.17) is 5.73 Å². The van der Waals surface area contributed by atoms with Gasteiger partial charge in [-0.3, -0.25) is 4.79 Å². The van der Waals surface area contributed by atoms with Gasteiger partial charge in [0, 0.05) is 11.7 Å². The van der Waals surface area contributed by atoms with Crippen molar-refractivity contribution in [2.75, 3.05) is 0 Å². The molecule has 1 aromatic heterocycles. The zero-order valence-electron chi connectivity index (χ0n) is 13.9. The fraction of sp³-hybridized carbons (Fsp3) is 0.444. The summed E-state index contributed by atoms with van der Waals surface area (Å²) in [5.74, 6) is -0.0589. The van der Waals surface area contributed by atoms with E-state index >= 15 is 0 Å². The van der Waals surface area contributed by atoms with Crippen molar-refractivity contribution in [1.29, 1.82) is 0 Å². The van der Waals surface area contributed by atoms with Gasteiger partial charge in [-0.25, -0.2) is 4.68 Å². The summed E-state index contributed by atoms with van der Waals surface area (Å²) < 4.78 is 1.81. The highest BCUT2D eigenvalue weighted by Gasteiger charge is 2.37. The molecule has 1 aliphatic rings. The lowest BCUT2D eigenvalue weighted by Gasteiger charge is -2.37. The van der Waals surface area contributed by atoms with Gasteiger partial charge in [0.2, 0.25) is 5.91 Å². The molecule has 0 aliphatic heterocycles. The first kappa shape index (κ1) is 18.5. The van der Waals surface area contributed by atoms with Crippen LogP contribution >= 0.6 is 12.4 Å². The first-order chi connectivity index (χ1) is 11.1. The Morgan fingerprint density at radius 3 is 2.79 bits per heavy atom. The van der Waals surface area contributed by atoms with Gasteiger partial charge in [-0.2, -0.15) is 5.10 Å². The normalized spacial score (nSPS) is 23.3. The van der Waals surface area contributed by atoms with Crippen molar-refractivity contribution >= 4 is 18.3 Å². The van der Waals surface area contributed by atoms with Gasteiger partial charge in [-0.15, -0.1) is 12.4 Å². The minimum Gasteiger partial charge on any atom is -0.350 e. The average Bonchev–Trinajstić information content (AvgIpc) is 3.02. The maximum Gasteiger partial charge on any atom is 0.225 e. The average molecular weight is 349 g/mol. The van der Waals surface area contributed by atoms with E-state index in [0.717, 1.165) is 37.1 Å². The smallest absolute Gasteiger partial charge is 0.225 e. The van der Waals surface area contributed by atoms with Crippen LogP contribution in [0.4, 0.5) is 0 Å². The predicted molar refractivity (Wildman–Crippen MR) is 97.2 cm³/mol. The molecule has 1 heterocycles. The highest BCUT2D eigenvalue weighted by Crippen LogP contribution is 2.31. The van der Waals surface area contributed by atoms with Crippen LogP contribution in [0.2, 0.25) is 0 Å². The number of hydrogen-bond acceptors (Lipinski definition) is 3. The molecule has 2 atom stereocenters. The summed E-state index contributed by atoms with van der Waals surface area (Å²) in [5.41, 5.74) is 7.74. The van der Waals surface area contributed by atoms with Gasteiger partial charge >= 0.3 is 0 Å². The Labute approximate surface area is 149 Å². The third kappa shape index (κ3) is 4.16. The fourth-order valence-electron chi connectivity index (χ4n) is 3.27. The third-order valence-electron chi connectivity index (χ3n) is 4.68. The van der Waals surface area contributed by atoms with E-state index in [2.05, 4.69) is 10.4 Å². The van der Waals surface area contributed by atoms with Crippen LogP contribution in [0.15, 0.2) is 42.6 Å². The van der Waals surface area contributed by atoms with Crippen molar-refractivity contribution in [3.63, 3.8) is 0 Å². The van der Waals surface area contributed by atoms with Crippen molar-refractivity contribution in [2.24, 2.45) is 11.7 Å². The largest absolute Gasteiger partial charge is 0.350 e. The van der Waals surface area contributed by atoms with E-state index in [1.54, 1.807) is 0 Å². The maximum atomic E-state index is 12.4. The molecule has 0 bridgehead atoms. The molecule has 3 N–H and O–H groups in total. The molecule has 1 aliphatic carbocycles. The fourth-order valence-corrected chi connectivity index (χ4v) is 3.27. The molecular formula is C18H25ClN4O. The Bertz CT molecular complexity index is 669. The number of nitrogens with zero attached hydrogens (tertiary/aromatic N) is 2. The van der Waals surface area contributed by atoms with Gasteiger partial charge in [-0.1, -0.05) is 31.0 Å². The Balaban J connectivity index is 0.00000208. The highest BCUT2D eigenvalue weighted by molar-refractivity contribution is 5.85. The molecule has 130 valence electrons. The first-order valence-corrected chi connectivity index (χ1v) is 8.23. The molecule has 3 rings (SSSR count). The Hall–Kier alpha value is -1.85. The number of amides is 1. The molecule has 0 radical (unpaired) electrons. The molecule has 2 unspecified atom stereocenters. The number of nitrogens with two attached hydrogens (primary N) is 1. The molecule has 1 fully saturated rings. The number of halogens is 1. The first-order valence-electron chi connectivity index (χ1n) is 8.23. The lowest BCUT2D eigenvalue weighted by molar-refractivity contribution is -0.128. The summed E-state index contributed by atoms with van der Waals surface area (Å²) in [5, 5.41) is 7.50. The van der Waals surface area contributed by atoms with Crippen LogP contribution in [0, 0.1) is 5.92 Å². The second kappa shape index (κ2) is 7.81. The lowest BCUT2D eigenvalue weighted by Crippen LogP contribution is -2.52. The van der Waals surface area contributed by atoms with E-state index in [1.807, 2.05) is 54.2 Å². The van der Waals surface area contributed by atoms with Crippen LogP contribution in [0.1, 0.15) is 38.3 Å². The van der Waals surface area contributed by atoms with Gasteiger partial charge in [0.15, 0.2) is 0 Å². The van der Waals surface area contributed by atoms with Crippen LogP contribution in [0.3, 0.4) is 0 Å².